The maximum absolute atomic E-state index is 11.1. The standard InChI is InChI=1S/C22H24BClN2O3/c1-21(2)22(3,4)29-23(28-21)15-10-13-7-9-26-17(19(27)16(12-15)18(13)26)11-14-6-5-8-25-20(14)24/h5-6,8,10,12,27H,7,9,11H2,1-4H3. The topological polar surface area (TPSA) is 56.5 Å². The lowest BCUT2D eigenvalue weighted by molar-refractivity contribution is 0.00578. The number of aryl methyl sites for hydroxylation is 2. The first-order valence-corrected chi connectivity index (χ1v) is 10.4. The van der Waals surface area contributed by atoms with Crippen molar-refractivity contribution < 1.29 is 14.4 Å². The molecule has 0 atom stereocenters. The van der Waals surface area contributed by atoms with Crippen LogP contribution in [0.25, 0.3) is 10.9 Å². The highest BCUT2D eigenvalue weighted by molar-refractivity contribution is 6.62. The molecule has 5 rings (SSSR count). The molecule has 4 heterocycles. The minimum atomic E-state index is -0.444. The molecule has 29 heavy (non-hydrogen) atoms. The summed E-state index contributed by atoms with van der Waals surface area (Å²) >= 11 is 6.26. The van der Waals surface area contributed by atoms with Gasteiger partial charge in [-0.2, -0.15) is 0 Å². The van der Waals surface area contributed by atoms with E-state index in [0.29, 0.717) is 17.3 Å². The number of rotatable bonds is 3. The molecule has 0 bridgehead atoms. The lowest BCUT2D eigenvalue weighted by Crippen LogP contribution is -2.41. The number of benzene rings is 1. The molecule has 7 heteroatoms. The SMILES string of the molecule is CC1(C)OB(c2cc3c4c(c2)c(O)c(Cc2cccnc2Cl)n4CC3)OC1(C)C. The second kappa shape index (κ2) is 6.24. The number of halogens is 1. The van der Waals surface area contributed by atoms with E-state index in [1.165, 1.54) is 5.56 Å². The van der Waals surface area contributed by atoms with Gasteiger partial charge in [-0.05, 0) is 62.8 Å². The van der Waals surface area contributed by atoms with E-state index in [-0.39, 0.29) is 0 Å². The van der Waals surface area contributed by atoms with Crippen LogP contribution >= 0.6 is 11.6 Å². The van der Waals surface area contributed by atoms with Crippen LogP contribution in [0.5, 0.6) is 5.75 Å². The Kier molecular flexibility index (Phi) is 4.08. The van der Waals surface area contributed by atoms with E-state index >= 15 is 0 Å². The predicted octanol–water partition coefficient (Wildman–Crippen LogP) is 3.84. The molecule has 0 radical (unpaired) electrons. The fourth-order valence-electron chi connectivity index (χ4n) is 4.33. The number of nitrogens with zero attached hydrogens (tertiary/aromatic N) is 2. The highest BCUT2D eigenvalue weighted by Crippen LogP contribution is 2.41. The van der Waals surface area contributed by atoms with Gasteiger partial charge in [0, 0.05) is 24.5 Å². The van der Waals surface area contributed by atoms with E-state index in [4.69, 9.17) is 20.9 Å². The van der Waals surface area contributed by atoms with Crippen molar-refractivity contribution in [1.29, 1.82) is 0 Å². The Morgan fingerprint density at radius 3 is 2.62 bits per heavy atom. The average molecular weight is 411 g/mol. The molecule has 0 spiro atoms. The van der Waals surface area contributed by atoms with Crippen molar-refractivity contribution in [3.8, 4) is 5.75 Å². The van der Waals surface area contributed by atoms with Crippen molar-refractivity contribution in [2.75, 3.05) is 0 Å². The van der Waals surface area contributed by atoms with Crippen LogP contribution in [0.1, 0.15) is 44.5 Å². The van der Waals surface area contributed by atoms with Crippen molar-refractivity contribution in [3.05, 3.63) is 52.4 Å². The molecule has 2 aliphatic rings. The van der Waals surface area contributed by atoms with Crippen molar-refractivity contribution >= 4 is 35.1 Å². The van der Waals surface area contributed by atoms with E-state index < -0.39 is 18.3 Å². The molecule has 0 unspecified atom stereocenters. The van der Waals surface area contributed by atoms with Gasteiger partial charge in [0.25, 0.3) is 0 Å². The third-order valence-corrected chi connectivity index (χ3v) is 7.00. The number of hydrogen-bond donors (Lipinski definition) is 1. The molecule has 2 aliphatic heterocycles. The van der Waals surface area contributed by atoms with Gasteiger partial charge in [0.1, 0.15) is 10.9 Å². The normalized spacial score (nSPS) is 19.4. The van der Waals surface area contributed by atoms with Crippen LogP contribution in [-0.4, -0.2) is 33.0 Å². The van der Waals surface area contributed by atoms with Crippen LogP contribution in [-0.2, 0) is 28.7 Å². The van der Waals surface area contributed by atoms with Crippen molar-refractivity contribution in [1.82, 2.24) is 9.55 Å². The average Bonchev–Trinajstić information content (AvgIpc) is 3.26. The Labute approximate surface area is 175 Å². The van der Waals surface area contributed by atoms with Gasteiger partial charge in [-0.3, -0.25) is 0 Å². The quantitative estimate of drug-likeness (QED) is 0.526. The van der Waals surface area contributed by atoms with E-state index in [1.807, 2.05) is 45.9 Å². The number of pyridine rings is 1. The van der Waals surface area contributed by atoms with Gasteiger partial charge in [0.05, 0.1) is 22.4 Å². The molecule has 1 saturated heterocycles. The highest BCUT2D eigenvalue weighted by atomic mass is 35.5. The van der Waals surface area contributed by atoms with Gasteiger partial charge in [-0.15, -0.1) is 0 Å². The summed E-state index contributed by atoms with van der Waals surface area (Å²) in [5.74, 6) is 0.305. The summed E-state index contributed by atoms with van der Waals surface area (Å²) in [6.07, 6.45) is 3.14. The second-order valence-electron chi connectivity index (χ2n) is 8.99. The van der Waals surface area contributed by atoms with Crippen molar-refractivity contribution in [2.45, 2.75) is 58.3 Å². The van der Waals surface area contributed by atoms with Crippen molar-refractivity contribution in [3.63, 3.8) is 0 Å². The first-order valence-electron chi connectivity index (χ1n) is 10.00. The lowest BCUT2D eigenvalue weighted by Gasteiger charge is -2.32. The van der Waals surface area contributed by atoms with Gasteiger partial charge in [0.2, 0.25) is 0 Å². The Morgan fingerprint density at radius 1 is 1.21 bits per heavy atom. The molecule has 150 valence electrons. The van der Waals surface area contributed by atoms with Crippen LogP contribution < -0.4 is 5.46 Å². The van der Waals surface area contributed by atoms with Gasteiger partial charge in [-0.25, -0.2) is 4.98 Å². The molecule has 3 aromatic rings. The fraction of sp³-hybridized carbons (Fsp3) is 0.409. The summed E-state index contributed by atoms with van der Waals surface area (Å²) < 4.78 is 14.7. The Balaban J connectivity index is 1.59. The molecular weight excluding hydrogens is 387 g/mol. The van der Waals surface area contributed by atoms with Crippen LogP contribution in [0.4, 0.5) is 0 Å². The maximum atomic E-state index is 11.1. The Bertz CT molecular complexity index is 1120. The Morgan fingerprint density at radius 2 is 1.93 bits per heavy atom. The van der Waals surface area contributed by atoms with Gasteiger partial charge in [0.15, 0.2) is 0 Å². The second-order valence-corrected chi connectivity index (χ2v) is 9.35. The number of aromatic hydroxyl groups is 1. The zero-order valence-corrected chi connectivity index (χ0v) is 17.9. The first kappa shape index (κ1) is 19.0. The minimum Gasteiger partial charge on any atom is -0.505 e. The lowest BCUT2D eigenvalue weighted by atomic mass is 9.77. The largest absolute Gasteiger partial charge is 0.505 e. The number of hydrogen-bond acceptors (Lipinski definition) is 4. The van der Waals surface area contributed by atoms with Crippen LogP contribution in [0.3, 0.4) is 0 Å². The Hall–Kier alpha value is -2.02. The molecule has 1 aromatic carbocycles. The third-order valence-electron chi connectivity index (χ3n) is 6.66. The molecule has 0 aliphatic carbocycles. The first-order chi connectivity index (χ1) is 13.7. The molecule has 2 aromatic heterocycles. The van der Waals surface area contributed by atoms with Crippen LogP contribution in [0, 0.1) is 0 Å². The summed E-state index contributed by atoms with van der Waals surface area (Å²) in [4.78, 5) is 4.16. The molecule has 0 amide bonds. The molecule has 1 N–H and O–H groups in total. The molecule has 1 fully saturated rings. The summed E-state index contributed by atoms with van der Waals surface area (Å²) in [6.45, 7) is 9.04. The maximum Gasteiger partial charge on any atom is 0.494 e. The summed E-state index contributed by atoms with van der Waals surface area (Å²) in [7, 11) is -0.444. The minimum absolute atomic E-state index is 0.305. The summed E-state index contributed by atoms with van der Waals surface area (Å²) in [5, 5.41) is 12.4. The van der Waals surface area contributed by atoms with E-state index in [2.05, 4.69) is 15.6 Å². The van der Waals surface area contributed by atoms with E-state index in [1.54, 1.807) is 6.20 Å². The highest BCUT2D eigenvalue weighted by Gasteiger charge is 2.52. The smallest absolute Gasteiger partial charge is 0.494 e. The molecule has 5 nitrogen and oxygen atoms in total. The van der Waals surface area contributed by atoms with Gasteiger partial charge < -0.3 is 19.0 Å². The van der Waals surface area contributed by atoms with Crippen LogP contribution in [0.15, 0.2) is 30.5 Å². The number of aromatic nitrogens is 2. The van der Waals surface area contributed by atoms with E-state index in [0.717, 1.165) is 40.6 Å². The van der Waals surface area contributed by atoms with Gasteiger partial charge >= 0.3 is 7.12 Å². The molecule has 0 saturated carbocycles. The summed E-state index contributed by atoms with van der Waals surface area (Å²) in [6, 6.07) is 7.98. The van der Waals surface area contributed by atoms with E-state index in [9.17, 15) is 5.11 Å². The van der Waals surface area contributed by atoms with Crippen LogP contribution in [0.2, 0.25) is 5.15 Å². The van der Waals surface area contributed by atoms with Crippen molar-refractivity contribution in [2.24, 2.45) is 0 Å². The third kappa shape index (κ3) is 2.81. The fourth-order valence-corrected chi connectivity index (χ4v) is 4.52. The van der Waals surface area contributed by atoms with Gasteiger partial charge in [-0.1, -0.05) is 23.7 Å². The monoisotopic (exact) mass is 410 g/mol. The zero-order chi connectivity index (χ0) is 20.6. The zero-order valence-electron chi connectivity index (χ0n) is 17.1. The molecular formula is C22H24BClN2O3. The predicted molar refractivity (Wildman–Crippen MR) is 115 cm³/mol. The summed E-state index contributed by atoms with van der Waals surface area (Å²) in [5.41, 5.74) is 4.24.